The molecule has 2 heterocycles. The van der Waals surface area contributed by atoms with E-state index in [9.17, 15) is 4.79 Å². The van der Waals surface area contributed by atoms with E-state index < -0.39 is 0 Å². The lowest BCUT2D eigenvalue weighted by atomic mass is 10.0. The number of hydrogen-bond donors (Lipinski definition) is 1. The van der Waals surface area contributed by atoms with Gasteiger partial charge in [0, 0.05) is 26.7 Å². The van der Waals surface area contributed by atoms with Gasteiger partial charge in [-0.15, -0.1) is 11.3 Å². The van der Waals surface area contributed by atoms with Crippen LogP contribution in [0.5, 0.6) is 0 Å². The molecular formula is C10H13BrN2OS. The first-order valence-corrected chi connectivity index (χ1v) is 6.52. The zero-order valence-corrected chi connectivity index (χ0v) is 10.9. The van der Waals surface area contributed by atoms with Gasteiger partial charge >= 0.3 is 0 Å². The van der Waals surface area contributed by atoms with Crippen LogP contribution in [0.25, 0.3) is 0 Å². The van der Waals surface area contributed by atoms with Crippen LogP contribution in [0.2, 0.25) is 0 Å². The number of carbonyl (C=O) groups excluding carboxylic acids is 1. The van der Waals surface area contributed by atoms with Crippen LogP contribution in [-0.2, 0) is 11.3 Å². The van der Waals surface area contributed by atoms with E-state index in [-0.39, 0.29) is 11.8 Å². The third-order valence-corrected chi connectivity index (χ3v) is 4.10. The molecular weight excluding hydrogens is 276 g/mol. The van der Waals surface area contributed by atoms with Crippen molar-refractivity contribution < 1.29 is 4.79 Å². The second-order valence-electron chi connectivity index (χ2n) is 3.81. The Morgan fingerprint density at radius 3 is 2.93 bits per heavy atom. The summed E-state index contributed by atoms with van der Waals surface area (Å²) in [6.45, 7) is 2.37. The Morgan fingerprint density at radius 2 is 2.47 bits per heavy atom. The van der Waals surface area contributed by atoms with Crippen molar-refractivity contribution in [3.05, 3.63) is 20.8 Å². The molecule has 2 rings (SSSR count). The average Bonchev–Trinajstić information content (AvgIpc) is 2.48. The summed E-state index contributed by atoms with van der Waals surface area (Å²) in [5.74, 6) is 0.438. The highest BCUT2D eigenvalue weighted by atomic mass is 79.9. The number of halogens is 1. The largest absolute Gasteiger partial charge is 0.341 e. The van der Waals surface area contributed by atoms with Crippen LogP contribution >= 0.6 is 27.3 Å². The Kier molecular flexibility index (Phi) is 3.43. The maximum Gasteiger partial charge on any atom is 0.228 e. The predicted molar refractivity (Wildman–Crippen MR) is 64.9 cm³/mol. The molecule has 82 valence electrons. The lowest BCUT2D eigenvalue weighted by Gasteiger charge is -2.30. The zero-order valence-electron chi connectivity index (χ0n) is 8.50. The molecule has 1 aromatic rings. The van der Waals surface area contributed by atoms with Crippen molar-refractivity contribution in [3.63, 3.8) is 0 Å². The monoisotopic (exact) mass is 288 g/mol. The summed E-state index contributed by atoms with van der Waals surface area (Å²) in [7, 11) is 1.87. The van der Waals surface area contributed by atoms with Gasteiger partial charge < -0.3 is 10.2 Å². The highest BCUT2D eigenvalue weighted by molar-refractivity contribution is 9.11. The Bertz CT molecular complexity index is 362. The molecule has 0 aromatic carbocycles. The number of thiophene rings is 1. The molecule has 0 aliphatic carbocycles. The smallest absolute Gasteiger partial charge is 0.228 e. The van der Waals surface area contributed by atoms with Crippen LogP contribution in [-0.4, -0.2) is 30.9 Å². The van der Waals surface area contributed by atoms with Crippen LogP contribution < -0.4 is 5.32 Å². The highest BCUT2D eigenvalue weighted by Crippen LogP contribution is 2.22. The number of nitrogens with zero attached hydrogens (tertiary/aromatic N) is 1. The summed E-state index contributed by atoms with van der Waals surface area (Å²) in [4.78, 5) is 13.6. The summed E-state index contributed by atoms with van der Waals surface area (Å²) in [6.07, 6.45) is 0. The molecule has 15 heavy (non-hydrogen) atoms. The summed E-state index contributed by atoms with van der Waals surface area (Å²) < 4.78 is 1.11. The number of nitrogens with one attached hydrogen (secondary N) is 1. The van der Waals surface area contributed by atoms with Crippen LogP contribution in [0.1, 0.15) is 5.56 Å². The second-order valence-corrected chi connectivity index (χ2v) is 6.10. The van der Waals surface area contributed by atoms with Crippen molar-refractivity contribution in [2.45, 2.75) is 6.54 Å². The van der Waals surface area contributed by atoms with E-state index in [1.54, 1.807) is 16.2 Å². The van der Waals surface area contributed by atoms with Crippen molar-refractivity contribution in [1.82, 2.24) is 10.2 Å². The van der Waals surface area contributed by atoms with Crippen LogP contribution in [0.3, 0.4) is 0 Å². The fourth-order valence-electron chi connectivity index (χ4n) is 1.56. The molecule has 1 aromatic heterocycles. The SMILES string of the molecule is CN(Cc1csc(Br)c1)C(=O)C1CNC1. The van der Waals surface area contributed by atoms with Crippen molar-refractivity contribution in [1.29, 1.82) is 0 Å². The topological polar surface area (TPSA) is 32.3 Å². The van der Waals surface area contributed by atoms with Gasteiger partial charge in [0.2, 0.25) is 5.91 Å². The van der Waals surface area contributed by atoms with E-state index in [4.69, 9.17) is 0 Å². The maximum atomic E-state index is 11.8. The Labute approximate surface area is 102 Å². The molecule has 1 fully saturated rings. The standard InChI is InChI=1S/C10H13BrN2OS/c1-13(10(14)8-3-12-4-8)5-7-2-9(11)15-6-7/h2,6,8,12H,3-5H2,1H3. The van der Waals surface area contributed by atoms with Gasteiger partial charge in [-0.1, -0.05) is 0 Å². The minimum Gasteiger partial charge on any atom is -0.341 e. The third-order valence-electron chi connectivity index (χ3n) is 2.55. The van der Waals surface area contributed by atoms with Gasteiger partial charge in [-0.25, -0.2) is 0 Å². The van der Waals surface area contributed by atoms with E-state index in [0.717, 1.165) is 16.9 Å². The number of carbonyl (C=O) groups is 1. The van der Waals surface area contributed by atoms with Crippen molar-refractivity contribution in [2.75, 3.05) is 20.1 Å². The molecule has 1 saturated heterocycles. The molecule has 1 amide bonds. The Hall–Kier alpha value is -0.390. The predicted octanol–water partition coefficient (Wildman–Crippen LogP) is 1.69. The van der Waals surface area contributed by atoms with E-state index in [0.29, 0.717) is 6.54 Å². The first-order chi connectivity index (χ1) is 7.16. The molecule has 0 spiro atoms. The zero-order chi connectivity index (χ0) is 10.8. The fourth-order valence-corrected chi connectivity index (χ4v) is 2.76. The first-order valence-electron chi connectivity index (χ1n) is 4.85. The van der Waals surface area contributed by atoms with Gasteiger partial charge in [-0.2, -0.15) is 0 Å². The van der Waals surface area contributed by atoms with E-state index in [2.05, 4.69) is 32.7 Å². The van der Waals surface area contributed by atoms with Crippen molar-refractivity contribution in [3.8, 4) is 0 Å². The summed E-state index contributed by atoms with van der Waals surface area (Å²) in [6, 6.07) is 2.06. The van der Waals surface area contributed by atoms with Crippen molar-refractivity contribution in [2.24, 2.45) is 5.92 Å². The van der Waals surface area contributed by atoms with Gasteiger partial charge in [0.25, 0.3) is 0 Å². The van der Waals surface area contributed by atoms with Gasteiger partial charge in [0.05, 0.1) is 9.70 Å². The maximum absolute atomic E-state index is 11.8. The highest BCUT2D eigenvalue weighted by Gasteiger charge is 2.27. The lowest BCUT2D eigenvalue weighted by molar-refractivity contribution is -0.136. The van der Waals surface area contributed by atoms with Gasteiger partial charge in [0.1, 0.15) is 0 Å². The fraction of sp³-hybridized carbons (Fsp3) is 0.500. The minimum atomic E-state index is 0.192. The third kappa shape index (κ3) is 2.59. The minimum absolute atomic E-state index is 0.192. The van der Waals surface area contributed by atoms with Gasteiger partial charge in [-0.3, -0.25) is 4.79 Å². The Morgan fingerprint density at radius 1 is 1.73 bits per heavy atom. The quantitative estimate of drug-likeness (QED) is 0.918. The average molecular weight is 289 g/mol. The molecule has 3 nitrogen and oxygen atoms in total. The summed E-state index contributed by atoms with van der Waals surface area (Å²) in [5, 5.41) is 5.19. The van der Waals surface area contributed by atoms with E-state index in [1.165, 1.54) is 5.56 Å². The van der Waals surface area contributed by atoms with Gasteiger partial charge in [0.15, 0.2) is 0 Å². The molecule has 0 saturated carbocycles. The number of amides is 1. The molecule has 5 heteroatoms. The van der Waals surface area contributed by atoms with Crippen LogP contribution in [0.4, 0.5) is 0 Å². The van der Waals surface area contributed by atoms with Crippen LogP contribution in [0, 0.1) is 5.92 Å². The molecule has 0 unspecified atom stereocenters. The Balaban J connectivity index is 1.91. The van der Waals surface area contributed by atoms with E-state index in [1.807, 2.05) is 7.05 Å². The molecule has 1 N–H and O–H groups in total. The second kappa shape index (κ2) is 4.63. The lowest BCUT2D eigenvalue weighted by Crippen LogP contribution is -2.50. The number of rotatable bonds is 3. The molecule has 0 radical (unpaired) electrons. The number of hydrogen-bond acceptors (Lipinski definition) is 3. The molecule has 1 aliphatic rings. The van der Waals surface area contributed by atoms with Crippen molar-refractivity contribution >= 4 is 33.2 Å². The molecule has 0 atom stereocenters. The van der Waals surface area contributed by atoms with E-state index >= 15 is 0 Å². The summed E-state index contributed by atoms with van der Waals surface area (Å²) in [5.41, 5.74) is 1.19. The van der Waals surface area contributed by atoms with Crippen LogP contribution in [0.15, 0.2) is 15.2 Å². The molecule has 1 aliphatic heterocycles. The van der Waals surface area contributed by atoms with Gasteiger partial charge in [-0.05, 0) is 32.9 Å². The molecule has 0 bridgehead atoms. The first kappa shape index (κ1) is 11.1. The summed E-state index contributed by atoms with van der Waals surface area (Å²) >= 11 is 5.07. The normalized spacial score (nSPS) is 16.1.